The third-order valence-corrected chi connectivity index (χ3v) is 4.15. The summed E-state index contributed by atoms with van der Waals surface area (Å²) in [5.41, 5.74) is 2.93. The zero-order valence-corrected chi connectivity index (χ0v) is 12.0. The number of pyridine rings is 2. The summed E-state index contributed by atoms with van der Waals surface area (Å²) in [6.45, 7) is 1.11. The second-order valence-corrected chi connectivity index (χ2v) is 5.50. The zero-order chi connectivity index (χ0) is 14.2. The van der Waals surface area contributed by atoms with Gasteiger partial charge in [0.25, 0.3) is 0 Å². The summed E-state index contributed by atoms with van der Waals surface area (Å²) in [7, 11) is 2.17. The van der Waals surface area contributed by atoms with Crippen LogP contribution in [0.3, 0.4) is 0 Å². The minimum Gasteiger partial charge on any atom is -0.292 e. The van der Waals surface area contributed by atoms with E-state index in [-0.39, 0.29) is 0 Å². The molecule has 0 saturated carbocycles. The van der Waals surface area contributed by atoms with Crippen LogP contribution in [0.15, 0.2) is 42.9 Å². The molecule has 3 aromatic heterocycles. The van der Waals surface area contributed by atoms with Crippen molar-refractivity contribution in [1.29, 1.82) is 0 Å². The summed E-state index contributed by atoms with van der Waals surface area (Å²) in [4.78, 5) is 16.0. The van der Waals surface area contributed by atoms with Gasteiger partial charge in [0, 0.05) is 24.2 Å². The van der Waals surface area contributed by atoms with Crippen molar-refractivity contribution < 1.29 is 0 Å². The average molecular weight is 279 g/mol. The second kappa shape index (κ2) is 4.93. The fraction of sp³-hybridized carbons (Fsp3) is 0.312. The normalized spacial score (nSPS) is 19.4. The number of rotatable bonds is 2. The second-order valence-electron chi connectivity index (χ2n) is 5.50. The number of imidazole rings is 1. The fourth-order valence-electron chi connectivity index (χ4n) is 3.13. The summed E-state index contributed by atoms with van der Waals surface area (Å²) in [6, 6.07) is 7.96. The van der Waals surface area contributed by atoms with E-state index in [9.17, 15) is 0 Å². The lowest BCUT2D eigenvalue weighted by molar-refractivity contribution is 0.244. The van der Waals surface area contributed by atoms with Crippen molar-refractivity contribution in [3.05, 3.63) is 42.9 Å². The van der Waals surface area contributed by atoms with Crippen molar-refractivity contribution in [1.82, 2.24) is 24.4 Å². The maximum absolute atomic E-state index is 4.80. The molecule has 1 saturated heterocycles. The van der Waals surface area contributed by atoms with E-state index in [1.54, 1.807) is 6.20 Å². The molecule has 0 spiro atoms. The standard InChI is InChI=1S/C16H17N5/c1-20-10-4-7-14(20)21-15(12-5-2-8-17-11-12)19-13-6-3-9-18-16(13)21/h2-3,5-6,8-9,11,14H,4,7,10H2,1H3. The molecule has 0 N–H and O–H groups in total. The fourth-order valence-corrected chi connectivity index (χ4v) is 3.13. The first-order valence-electron chi connectivity index (χ1n) is 7.28. The SMILES string of the molecule is CN1CCCC1n1c(-c2cccnc2)nc2cccnc21. The highest BCUT2D eigenvalue weighted by molar-refractivity contribution is 5.77. The van der Waals surface area contributed by atoms with Gasteiger partial charge in [-0.2, -0.15) is 0 Å². The summed E-state index contributed by atoms with van der Waals surface area (Å²) < 4.78 is 2.26. The monoisotopic (exact) mass is 279 g/mol. The van der Waals surface area contributed by atoms with Gasteiger partial charge in [0.05, 0.1) is 6.17 Å². The van der Waals surface area contributed by atoms with Gasteiger partial charge in [0.1, 0.15) is 11.3 Å². The topological polar surface area (TPSA) is 46.8 Å². The number of aromatic nitrogens is 4. The van der Waals surface area contributed by atoms with E-state index in [0.717, 1.165) is 35.5 Å². The van der Waals surface area contributed by atoms with Crippen LogP contribution in [0.25, 0.3) is 22.6 Å². The van der Waals surface area contributed by atoms with Crippen molar-refractivity contribution in [3.8, 4) is 11.4 Å². The van der Waals surface area contributed by atoms with E-state index in [1.807, 2.05) is 30.6 Å². The van der Waals surface area contributed by atoms with Crippen LogP contribution < -0.4 is 0 Å². The molecule has 1 aliphatic rings. The van der Waals surface area contributed by atoms with E-state index in [2.05, 4.69) is 32.5 Å². The van der Waals surface area contributed by atoms with Crippen LogP contribution >= 0.6 is 0 Å². The van der Waals surface area contributed by atoms with E-state index in [4.69, 9.17) is 4.98 Å². The smallest absolute Gasteiger partial charge is 0.161 e. The molecule has 0 bridgehead atoms. The molecule has 0 amide bonds. The maximum atomic E-state index is 4.80. The Hall–Kier alpha value is -2.27. The van der Waals surface area contributed by atoms with Crippen LogP contribution in [0.2, 0.25) is 0 Å². The Morgan fingerprint density at radius 3 is 2.86 bits per heavy atom. The first kappa shape index (κ1) is 12.5. The highest BCUT2D eigenvalue weighted by Crippen LogP contribution is 2.33. The molecule has 0 aromatic carbocycles. The molecule has 106 valence electrons. The summed E-state index contributed by atoms with van der Waals surface area (Å²) in [5, 5.41) is 0. The van der Waals surface area contributed by atoms with Gasteiger partial charge in [-0.3, -0.25) is 14.5 Å². The molecule has 1 unspecified atom stereocenters. The number of nitrogens with zero attached hydrogens (tertiary/aromatic N) is 5. The molecule has 0 radical (unpaired) electrons. The van der Waals surface area contributed by atoms with Crippen LogP contribution in [0, 0.1) is 0 Å². The van der Waals surface area contributed by atoms with E-state index in [0.29, 0.717) is 6.17 Å². The predicted molar refractivity (Wildman–Crippen MR) is 81.7 cm³/mol. The van der Waals surface area contributed by atoms with Crippen LogP contribution in [0.5, 0.6) is 0 Å². The van der Waals surface area contributed by atoms with Crippen molar-refractivity contribution in [3.63, 3.8) is 0 Å². The molecule has 3 aromatic rings. The Morgan fingerprint density at radius 2 is 2.10 bits per heavy atom. The first-order chi connectivity index (χ1) is 10.3. The van der Waals surface area contributed by atoms with E-state index >= 15 is 0 Å². The summed E-state index contributed by atoms with van der Waals surface area (Å²) >= 11 is 0. The third kappa shape index (κ3) is 2.01. The Kier molecular flexibility index (Phi) is 2.93. The lowest BCUT2D eigenvalue weighted by atomic mass is 10.2. The average Bonchev–Trinajstić information content (AvgIpc) is 3.11. The van der Waals surface area contributed by atoms with Crippen LogP contribution in [-0.4, -0.2) is 38.0 Å². The van der Waals surface area contributed by atoms with Gasteiger partial charge in [-0.1, -0.05) is 0 Å². The van der Waals surface area contributed by atoms with Crippen molar-refractivity contribution >= 4 is 11.2 Å². The van der Waals surface area contributed by atoms with Crippen LogP contribution in [-0.2, 0) is 0 Å². The molecular weight excluding hydrogens is 262 g/mol. The molecule has 1 fully saturated rings. The lowest BCUT2D eigenvalue weighted by Crippen LogP contribution is -2.24. The minimum absolute atomic E-state index is 0.320. The van der Waals surface area contributed by atoms with Gasteiger partial charge in [0.2, 0.25) is 0 Å². The first-order valence-corrected chi connectivity index (χ1v) is 7.28. The molecular formula is C16H17N5. The molecule has 0 aliphatic carbocycles. The Bertz CT molecular complexity index is 765. The zero-order valence-electron chi connectivity index (χ0n) is 12.0. The Balaban J connectivity index is 1.97. The number of likely N-dealkylation sites (tertiary alicyclic amines) is 1. The molecule has 21 heavy (non-hydrogen) atoms. The van der Waals surface area contributed by atoms with Gasteiger partial charge < -0.3 is 0 Å². The van der Waals surface area contributed by atoms with Crippen LogP contribution in [0.4, 0.5) is 0 Å². The van der Waals surface area contributed by atoms with Crippen LogP contribution in [0.1, 0.15) is 19.0 Å². The highest BCUT2D eigenvalue weighted by atomic mass is 15.3. The van der Waals surface area contributed by atoms with Gasteiger partial charge in [-0.25, -0.2) is 9.97 Å². The quantitative estimate of drug-likeness (QED) is 0.723. The highest BCUT2D eigenvalue weighted by Gasteiger charge is 2.27. The molecule has 1 aliphatic heterocycles. The maximum Gasteiger partial charge on any atom is 0.161 e. The number of fused-ring (bicyclic) bond motifs is 1. The Morgan fingerprint density at radius 1 is 1.19 bits per heavy atom. The van der Waals surface area contributed by atoms with Gasteiger partial charge >= 0.3 is 0 Å². The number of hydrogen-bond donors (Lipinski definition) is 0. The Labute approximate surface area is 123 Å². The molecule has 5 heteroatoms. The number of hydrogen-bond acceptors (Lipinski definition) is 4. The third-order valence-electron chi connectivity index (χ3n) is 4.15. The minimum atomic E-state index is 0.320. The molecule has 1 atom stereocenters. The van der Waals surface area contributed by atoms with E-state index < -0.39 is 0 Å². The van der Waals surface area contributed by atoms with Gasteiger partial charge in [-0.05, 0) is 50.7 Å². The van der Waals surface area contributed by atoms with Crippen molar-refractivity contribution in [2.24, 2.45) is 0 Å². The molecule has 4 rings (SSSR count). The largest absolute Gasteiger partial charge is 0.292 e. The summed E-state index contributed by atoms with van der Waals surface area (Å²) in [6.07, 6.45) is 8.15. The summed E-state index contributed by atoms with van der Waals surface area (Å²) in [5.74, 6) is 0.954. The predicted octanol–water partition coefficient (Wildman–Crippen LogP) is 2.72. The van der Waals surface area contributed by atoms with Gasteiger partial charge in [0.15, 0.2) is 5.65 Å². The lowest BCUT2D eigenvalue weighted by Gasteiger charge is -2.23. The van der Waals surface area contributed by atoms with Gasteiger partial charge in [-0.15, -0.1) is 0 Å². The van der Waals surface area contributed by atoms with Crippen molar-refractivity contribution in [2.45, 2.75) is 19.0 Å². The molecule has 4 heterocycles. The molecule has 5 nitrogen and oxygen atoms in total. The van der Waals surface area contributed by atoms with Crippen molar-refractivity contribution in [2.75, 3.05) is 13.6 Å². The van der Waals surface area contributed by atoms with E-state index in [1.165, 1.54) is 6.42 Å².